The number of carbonyl (C=O) groups excluding carboxylic acids is 1. The molecule has 28 heavy (non-hydrogen) atoms. The SMILES string of the molecule is CN(CC1CCCN(Cc2csc(-c3ccccc3)n2)C1)C(=O)OC(C)(C)C. The van der Waals surface area contributed by atoms with Gasteiger partial charge in [-0.2, -0.15) is 0 Å². The quantitative estimate of drug-likeness (QED) is 0.716. The third-order valence-corrected chi connectivity index (χ3v) is 5.74. The third-order valence-electron chi connectivity index (χ3n) is 4.80. The zero-order chi connectivity index (χ0) is 20.1. The van der Waals surface area contributed by atoms with Crippen LogP contribution in [0.4, 0.5) is 4.79 Å². The molecule has 1 saturated heterocycles. The zero-order valence-electron chi connectivity index (χ0n) is 17.4. The summed E-state index contributed by atoms with van der Waals surface area (Å²) >= 11 is 1.70. The minimum Gasteiger partial charge on any atom is -0.444 e. The number of piperidine rings is 1. The Morgan fingerprint density at radius 3 is 2.79 bits per heavy atom. The highest BCUT2D eigenvalue weighted by atomic mass is 32.1. The average Bonchev–Trinajstić information content (AvgIpc) is 3.10. The Balaban J connectivity index is 1.53. The van der Waals surface area contributed by atoms with Crippen molar-refractivity contribution in [1.29, 1.82) is 0 Å². The van der Waals surface area contributed by atoms with Gasteiger partial charge in [-0.1, -0.05) is 30.3 Å². The van der Waals surface area contributed by atoms with E-state index >= 15 is 0 Å². The van der Waals surface area contributed by atoms with Gasteiger partial charge >= 0.3 is 6.09 Å². The number of nitrogens with zero attached hydrogens (tertiary/aromatic N) is 3. The number of amides is 1. The molecule has 1 aromatic heterocycles. The summed E-state index contributed by atoms with van der Waals surface area (Å²) in [5.74, 6) is 0.471. The van der Waals surface area contributed by atoms with Gasteiger partial charge in [0.2, 0.25) is 0 Å². The lowest BCUT2D eigenvalue weighted by Crippen LogP contribution is -2.42. The van der Waals surface area contributed by atoms with Crippen LogP contribution in [0.25, 0.3) is 10.6 Å². The smallest absolute Gasteiger partial charge is 0.410 e. The number of thiazole rings is 1. The molecule has 0 saturated carbocycles. The molecule has 1 atom stereocenters. The lowest BCUT2D eigenvalue weighted by atomic mass is 9.97. The Labute approximate surface area is 172 Å². The summed E-state index contributed by atoms with van der Waals surface area (Å²) in [5, 5.41) is 3.24. The van der Waals surface area contributed by atoms with Gasteiger partial charge in [-0.05, 0) is 46.1 Å². The van der Waals surface area contributed by atoms with E-state index in [0.717, 1.165) is 49.7 Å². The van der Waals surface area contributed by atoms with Crippen molar-refractivity contribution in [2.45, 2.75) is 45.8 Å². The van der Waals surface area contributed by atoms with E-state index < -0.39 is 5.60 Å². The second-order valence-corrected chi connectivity index (χ2v) is 9.47. The minimum atomic E-state index is -0.453. The maximum Gasteiger partial charge on any atom is 0.410 e. The molecule has 0 spiro atoms. The van der Waals surface area contributed by atoms with Crippen LogP contribution in [0.15, 0.2) is 35.7 Å². The number of likely N-dealkylation sites (tertiary alicyclic amines) is 1. The van der Waals surface area contributed by atoms with Gasteiger partial charge in [0.1, 0.15) is 10.6 Å². The Hall–Kier alpha value is -1.92. The molecule has 1 unspecified atom stereocenters. The van der Waals surface area contributed by atoms with Crippen molar-refractivity contribution in [3.63, 3.8) is 0 Å². The number of benzene rings is 1. The first-order valence-electron chi connectivity index (χ1n) is 9.96. The summed E-state index contributed by atoms with van der Waals surface area (Å²) in [4.78, 5) is 21.2. The first kappa shape index (κ1) is 20.8. The van der Waals surface area contributed by atoms with E-state index in [1.54, 1.807) is 16.2 Å². The summed E-state index contributed by atoms with van der Waals surface area (Å²) in [6.45, 7) is 9.39. The Morgan fingerprint density at radius 2 is 2.07 bits per heavy atom. The van der Waals surface area contributed by atoms with E-state index in [9.17, 15) is 4.79 Å². The summed E-state index contributed by atoms with van der Waals surface area (Å²) < 4.78 is 5.47. The van der Waals surface area contributed by atoms with Gasteiger partial charge < -0.3 is 9.64 Å². The van der Waals surface area contributed by atoms with Crippen molar-refractivity contribution in [1.82, 2.24) is 14.8 Å². The van der Waals surface area contributed by atoms with Crippen LogP contribution in [0.5, 0.6) is 0 Å². The van der Waals surface area contributed by atoms with Crippen molar-refractivity contribution in [3.8, 4) is 10.6 Å². The maximum atomic E-state index is 12.2. The summed E-state index contributed by atoms with van der Waals surface area (Å²) in [6, 6.07) is 10.3. The molecule has 2 heterocycles. The van der Waals surface area contributed by atoms with Crippen molar-refractivity contribution in [2.24, 2.45) is 5.92 Å². The van der Waals surface area contributed by atoms with Crippen LogP contribution in [0, 0.1) is 5.92 Å². The largest absolute Gasteiger partial charge is 0.444 e. The van der Waals surface area contributed by atoms with E-state index in [4.69, 9.17) is 9.72 Å². The van der Waals surface area contributed by atoms with Gasteiger partial charge in [-0.15, -0.1) is 11.3 Å². The van der Waals surface area contributed by atoms with Crippen LogP contribution in [-0.2, 0) is 11.3 Å². The van der Waals surface area contributed by atoms with Crippen LogP contribution in [-0.4, -0.2) is 53.2 Å². The fourth-order valence-corrected chi connectivity index (χ4v) is 4.38. The first-order chi connectivity index (χ1) is 13.3. The van der Waals surface area contributed by atoms with Gasteiger partial charge in [0.05, 0.1) is 5.69 Å². The monoisotopic (exact) mass is 401 g/mol. The molecule has 1 aliphatic heterocycles. The molecular formula is C22H31N3O2S. The second-order valence-electron chi connectivity index (χ2n) is 8.61. The summed E-state index contributed by atoms with van der Waals surface area (Å²) in [6.07, 6.45) is 2.06. The first-order valence-corrected chi connectivity index (χ1v) is 10.8. The fourth-order valence-electron chi connectivity index (χ4n) is 3.57. The van der Waals surface area contributed by atoms with Gasteiger partial charge in [0, 0.05) is 37.6 Å². The summed E-state index contributed by atoms with van der Waals surface area (Å²) in [5.41, 5.74) is 1.85. The Morgan fingerprint density at radius 1 is 1.32 bits per heavy atom. The molecule has 2 aromatic rings. The number of ether oxygens (including phenoxy) is 1. The molecule has 0 radical (unpaired) electrons. The molecule has 0 N–H and O–H groups in total. The van der Waals surface area contributed by atoms with Crippen LogP contribution < -0.4 is 0 Å². The van der Waals surface area contributed by atoms with E-state index in [2.05, 4.69) is 22.4 Å². The van der Waals surface area contributed by atoms with Gasteiger partial charge in [-0.3, -0.25) is 4.90 Å². The predicted molar refractivity (Wildman–Crippen MR) is 114 cm³/mol. The van der Waals surface area contributed by atoms with E-state index in [1.165, 1.54) is 5.56 Å². The molecule has 1 amide bonds. The van der Waals surface area contributed by atoms with Crippen molar-refractivity contribution in [3.05, 3.63) is 41.4 Å². The van der Waals surface area contributed by atoms with E-state index in [-0.39, 0.29) is 6.09 Å². The number of aromatic nitrogens is 1. The van der Waals surface area contributed by atoms with E-state index in [1.807, 2.05) is 46.0 Å². The van der Waals surface area contributed by atoms with Crippen LogP contribution >= 0.6 is 11.3 Å². The van der Waals surface area contributed by atoms with Crippen molar-refractivity contribution in [2.75, 3.05) is 26.7 Å². The lowest BCUT2D eigenvalue weighted by molar-refractivity contribution is 0.0241. The number of hydrogen-bond acceptors (Lipinski definition) is 5. The molecule has 0 bridgehead atoms. The molecule has 1 aromatic carbocycles. The van der Waals surface area contributed by atoms with E-state index in [0.29, 0.717) is 5.92 Å². The number of rotatable bonds is 5. The normalized spacial score (nSPS) is 18.1. The highest BCUT2D eigenvalue weighted by Crippen LogP contribution is 2.25. The molecular weight excluding hydrogens is 370 g/mol. The fraction of sp³-hybridized carbons (Fsp3) is 0.545. The molecule has 3 rings (SSSR count). The predicted octanol–water partition coefficient (Wildman–Crippen LogP) is 4.89. The molecule has 152 valence electrons. The highest BCUT2D eigenvalue weighted by Gasteiger charge is 2.25. The number of carbonyl (C=O) groups is 1. The average molecular weight is 402 g/mol. The van der Waals surface area contributed by atoms with Crippen LogP contribution in [0.1, 0.15) is 39.3 Å². The molecule has 6 heteroatoms. The standard InChI is InChI=1S/C22H31N3O2S/c1-22(2,3)27-21(26)24(4)13-17-9-8-12-25(14-17)15-19-16-28-20(23-19)18-10-6-5-7-11-18/h5-7,10-11,16-17H,8-9,12-15H2,1-4H3. The molecule has 1 fully saturated rings. The molecule has 0 aliphatic carbocycles. The van der Waals surface area contributed by atoms with Crippen molar-refractivity contribution < 1.29 is 9.53 Å². The molecule has 1 aliphatic rings. The van der Waals surface area contributed by atoms with Crippen LogP contribution in [0.2, 0.25) is 0 Å². The third kappa shape index (κ3) is 6.04. The Kier molecular flexibility index (Phi) is 6.73. The summed E-state index contributed by atoms with van der Waals surface area (Å²) in [7, 11) is 1.83. The topological polar surface area (TPSA) is 45.7 Å². The van der Waals surface area contributed by atoms with Crippen LogP contribution in [0.3, 0.4) is 0 Å². The highest BCUT2D eigenvalue weighted by molar-refractivity contribution is 7.13. The molecule has 5 nitrogen and oxygen atoms in total. The number of hydrogen-bond donors (Lipinski definition) is 0. The van der Waals surface area contributed by atoms with Gasteiger partial charge in [-0.25, -0.2) is 9.78 Å². The Bertz CT molecular complexity index is 770. The van der Waals surface area contributed by atoms with Gasteiger partial charge in [0.25, 0.3) is 0 Å². The van der Waals surface area contributed by atoms with Gasteiger partial charge in [0.15, 0.2) is 0 Å². The lowest BCUT2D eigenvalue weighted by Gasteiger charge is -2.34. The maximum absolute atomic E-state index is 12.2. The zero-order valence-corrected chi connectivity index (χ0v) is 18.2. The second kappa shape index (κ2) is 9.05. The van der Waals surface area contributed by atoms with Crippen molar-refractivity contribution >= 4 is 17.4 Å². The minimum absolute atomic E-state index is 0.239.